The number of nitrogens with zero attached hydrogens (tertiary/aromatic N) is 2. The molecule has 0 aromatic carbocycles. The zero-order valence-electron chi connectivity index (χ0n) is 11.4. The number of nitrogens with two attached hydrogens (primary N) is 1. The van der Waals surface area contributed by atoms with E-state index in [4.69, 9.17) is 10.9 Å². The Balaban J connectivity index is 2.65. The Kier molecular flexibility index (Phi) is 5.95. The lowest BCUT2D eigenvalue weighted by Crippen LogP contribution is -2.44. The highest BCUT2D eigenvalue weighted by molar-refractivity contribution is 6.02. The maximum atomic E-state index is 12.4. The molecule has 0 aliphatic heterocycles. The number of hydrogen-bond acceptors (Lipinski definition) is 3. The van der Waals surface area contributed by atoms with Crippen LogP contribution in [0.3, 0.4) is 0 Å². The second-order valence-electron chi connectivity index (χ2n) is 5.04. The molecule has 104 valence electrons. The van der Waals surface area contributed by atoms with Gasteiger partial charge in [0.2, 0.25) is 5.91 Å². The molecular weight excluding hydrogens is 230 g/mol. The van der Waals surface area contributed by atoms with Gasteiger partial charge in [-0.05, 0) is 32.1 Å². The lowest BCUT2D eigenvalue weighted by molar-refractivity contribution is -0.134. The molecule has 1 aliphatic carbocycles. The SMILES string of the molecule is CCCC(C(=O)N(CC)CC1CCC1)C(N)=NO. The van der Waals surface area contributed by atoms with Gasteiger partial charge in [0.05, 0.1) is 5.92 Å². The summed E-state index contributed by atoms with van der Waals surface area (Å²) in [6.07, 6.45) is 5.18. The van der Waals surface area contributed by atoms with E-state index < -0.39 is 5.92 Å². The van der Waals surface area contributed by atoms with Crippen LogP contribution in [-0.4, -0.2) is 34.9 Å². The Hall–Kier alpha value is -1.26. The molecule has 0 spiro atoms. The minimum Gasteiger partial charge on any atom is -0.409 e. The van der Waals surface area contributed by atoms with Crippen molar-refractivity contribution in [2.75, 3.05) is 13.1 Å². The molecule has 0 aromatic rings. The van der Waals surface area contributed by atoms with Crippen molar-refractivity contribution in [3.05, 3.63) is 0 Å². The summed E-state index contributed by atoms with van der Waals surface area (Å²) in [6, 6.07) is 0. The second kappa shape index (κ2) is 7.24. The summed E-state index contributed by atoms with van der Waals surface area (Å²) in [5.74, 6) is 0.207. The topological polar surface area (TPSA) is 78.9 Å². The number of carbonyl (C=O) groups excluding carboxylic acids is 1. The molecular formula is C13H25N3O2. The zero-order chi connectivity index (χ0) is 13.5. The highest BCUT2D eigenvalue weighted by Crippen LogP contribution is 2.27. The Morgan fingerprint density at radius 3 is 2.56 bits per heavy atom. The number of oxime groups is 1. The molecule has 0 saturated heterocycles. The van der Waals surface area contributed by atoms with Gasteiger partial charge in [0.15, 0.2) is 5.84 Å². The molecule has 1 aliphatic rings. The van der Waals surface area contributed by atoms with Crippen molar-refractivity contribution in [3.8, 4) is 0 Å². The Morgan fingerprint density at radius 2 is 2.17 bits per heavy atom. The van der Waals surface area contributed by atoms with Crippen molar-refractivity contribution < 1.29 is 10.0 Å². The molecule has 1 amide bonds. The maximum Gasteiger partial charge on any atom is 0.233 e. The molecule has 1 rings (SSSR count). The van der Waals surface area contributed by atoms with E-state index in [2.05, 4.69) is 5.16 Å². The molecule has 0 radical (unpaired) electrons. The van der Waals surface area contributed by atoms with Crippen LogP contribution in [0, 0.1) is 11.8 Å². The van der Waals surface area contributed by atoms with Crippen molar-refractivity contribution in [2.45, 2.75) is 46.0 Å². The molecule has 5 heteroatoms. The first-order valence-corrected chi connectivity index (χ1v) is 6.90. The van der Waals surface area contributed by atoms with Crippen LogP contribution in [0.1, 0.15) is 46.0 Å². The van der Waals surface area contributed by atoms with Crippen LogP contribution < -0.4 is 5.73 Å². The van der Waals surface area contributed by atoms with Gasteiger partial charge in [-0.25, -0.2) is 0 Å². The van der Waals surface area contributed by atoms with Crippen LogP contribution in [0.25, 0.3) is 0 Å². The molecule has 1 saturated carbocycles. The van der Waals surface area contributed by atoms with Gasteiger partial charge in [0, 0.05) is 13.1 Å². The highest BCUT2D eigenvalue weighted by Gasteiger charge is 2.29. The van der Waals surface area contributed by atoms with Crippen LogP contribution in [0.4, 0.5) is 0 Å². The van der Waals surface area contributed by atoms with Crippen molar-refractivity contribution in [1.29, 1.82) is 0 Å². The Morgan fingerprint density at radius 1 is 1.50 bits per heavy atom. The smallest absolute Gasteiger partial charge is 0.233 e. The predicted octanol–water partition coefficient (Wildman–Crippen LogP) is 1.80. The van der Waals surface area contributed by atoms with E-state index in [0.717, 1.165) is 13.0 Å². The van der Waals surface area contributed by atoms with E-state index in [1.807, 2.05) is 18.7 Å². The summed E-state index contributed by atoms with van der Waals surface area (Å²) in [7, 11) is 0. The van der Waals surface area contributed by atoms with Gasteiger partial charge >= 0.3 is 0 Å². The van der Waals surface area contributed by atoms with E-state index in [-0.39, 0.29) is 11.7 Å². The fraction of sp³-hybridized carbons (Fsp3) is 0.846. The minimum absolute atomic E-state index is 0.00144. The average molecular weight is 255 g/mol. The number of carbonyl (C=O) groups is 1. The van der Waals surface area contributed by atoms with Gasteiger partial charge in [0.25, 0.3) is 0 Å². The summed E-state index contributed by atoms with van der Waals surface area (Å²) in [5, 5.41) is 11.8. The molecule has 1 fully saturated rings. The van der Waals surface area contributed by atoms with Crippen molar-refractivity contribution in [1.82, 2.24) is 4.90 Å². The molecule has 0 aromatic heterocycles. The van der Waals surface area contributed by atoms with Gasteiger partial charge in [-0.2, -0.15) is 0 Å². The van der Waals surface area contributed by atoms with E-state index in [0.29, 0.717) is 18.9 Å². The quantitative estimate of drug-likeness (QED) is 0.315. The first-order chi connectivity index (χ1) is 8.63. The summed E-state index contributed by atoms with van der Waals surface area (Å²) >= 11 is 0. The molecule has 1 atom stereocenters. The fourth-order valence-corrected chi connectivity index (χ4v) is 2.34. The van der Waals surface area contributed by atoms with E-state index in [9.17, 15) is 4.79 Å². The van der Waals surface area contributed by atoms with Crippen molar-refractivity contribution in [2.24, 2.45) is 22.7 Å². The summed E-state index contributed by atoms with van der Waals surface area (Å²) < 4.78 is 0. The second-order valence-corrected chi connectivity index (χ2v) is 5.04. The van der Waals surface area contributed by atoms with E-state index in [1.54, 1.807) is 0 Å². The van der Waals surface area contributed by atoms with Crippen LogP contribution in [0.15, 0.2) is 5.16 Å². The van der Waals surface area contributed by atoms with Crippen LogP contribution in [0.2, 0.25) is 0 Å². The highest BCUT2D eigenvalue weighted by atomic mass is 16.4. The first kappa shape index (κ1) is 14.8. The normalized spacial score (nSPS) is 18.2. The standard InChI is InChI=1S/C13H25N3O2/c1-3-6-11(12(14)15-18)13(17)16(4-2)9-10-7-5-8-10/h10-11,18H,3-9H2,1-2H3,(H2,14,15). The number of amidine groups is 1. The van der Waals surface area contributed by atoms with Gasteiger partial charge in [0.1, 0.15) is 0 Å². The van der Waals surface area contributed by atoms with Crippen LogP contribution in [0.5, 0.6) is 0 Å². The summed E-state index contributed by atoms with van der Waals surface area (Å²) in [5.41, 5.74) is 5.63. The van der Waals surface area contributed by atoms with E-state index >= 15 is 0 Å². The van der Waals surface area contributed by atoms with E-state index in [1.165, 1.54) is 19.3 Å². The van der Waals surface area contributed by atoms with Gasteiger partial charge in [-0.15, -0.1) is 0 Å². The lowest BCUT2D eigenvalue weighted by Gasteiger charge is -2.33. The lowest BCUT2D eigenvalue weighted by atomic mass is 9.85. The van der Waals surface area contributed by atoms with Gasteiger partial charge < -0.3 is 15.8 Å². The van der Waals surface area contributed by atoms with Crippen molar-refractivity contribution >= 4 is 11.7 Å². The third kappa shape index (κ3) is 3.62. The molecule has 0 heterocycles. The van der Waals surface area contributed by atoms with Crippen molar-refractivity contribution in [3.63, 3.8) is 0 Å². The zero-order valence-corrected chi connectivity index (χ0v) is 11.4. The van der Waals surface area contributed by atoms with Crippen LogP contribution >= 0.6 is 0 Å². The fourth-order valence-electron chi connectivity index (χ4n) is 2.34. The first-order valence-electron chi connectivity index (χ1n) is 6.90. The van der Waals surface area contributed by atoms with Gasteiger partial charge in [-0.3, -0.25) is 4.79 Å². The average Bonchev–Trinajstić information content (AvgIpc) is 2.33. The Labute approximate surface area is 109 Å². The number of hydrogen-bond donors (Lipinski definition) is 2. The van der Waals surface area contributed by atoms with Crippen LogP contribution in [-0.2, 0) is 4.79 Å². The molecule has 3 N–H and O–H groups in total. The monoisotopic (exact) mass is 255 g/mol. The number of amides is 1. The number of rotatable bonds is 7. The minimum atomic E-state index is -0.472. The molecule has 18 heavy (non-hydrogen) atoms. The molecule has 5 nitrogen and oxygen atoms in total. The summed E-state index contributed by atoms with van der Waals surface area (Å²) in [4.78, 5) is 14.2. The third-order valence-corrected chi connectivity index (χ3v) is 3.74. The molecule has 0 bridgehead atoms. The summed E-state index contributed by atoms with van der Waals surface area (Å²) in [6.45, 7) is 5.47. The predicted molar refractivity (Wildman–Crippen MR) is 71.4 cm³/mol. The van der Waals surface area contributed by atoms with Gasteiger partial charge in [-0.1, -0.05) is 24.9 Å². The maximum absolute atomic E-state index is 12.4. The third-order valence-electron chi connectivity index (χ3n) is 3.74. The largest absolute Gasteiger partial charge is 0.409 e. The Bertz CT molecular complexity index is 301. The molecule has 1 unspecified atom stereocenters.